The van der Waals surface area contributed by atoms with Crippen molar-refractivity contribution in [3.63, 3.8) is 0 Å². The van der Waals surface area contributed by atoms with E-state index >= 15 is 0 Å². The molecule has 0 radical (unpaired) electrons. The molecule has 5 nitrogen and oxygen atoms in total. The van der Waals surface area contributed by atoms with Gasteiger partial charge in [-0.25, -0.2) is 4.79 Å². The van der Waals surface area contributed by atoms with Gasteiger partial charge in [0.25, 0.3) is 5.91 Å². The minimum absolute atomic E-state index is 0.230. The highest BCUT2D eigenvalue weighted by atomic mass is 35.5. The molecule has 25 heavy (non-hydrogen) atoms. The summed E-state index contributed by atoms with van der Waals surface area (Å²) in [7, 11) is 3.79. The van der Waals surface area contributed by atoms with Gasteiger partial charge in [0.05, 0.1) is 26.3 Å². The molecule has 0 aliphatic rings. The van der Waals surface area contributed by atoms with E-state index in [1.165, 1.54) is 12.1 Å². The van der Waals surface area contributed by atoms with E-state index < -0.39 is 18.5 Å². The van der Waals surface area contributed by atoms with E-state index in [1.807, 2.05) is 19.0 Å². The predicted octanol–water partition coefficient (Wildman–Crippen LogP) is 4.51. The maximum Gasteiger partial charge on any atom is 0.338 e. The summed E-state index contributed by atoms with van der Waals surface area (Å²) in [4.78, 5) is 25.8. The minimum atomic E-state index is -0.597. The molecule has 0 fully saturated rings. The zero-order chi connectivity index (χ0) is 18.6. The normalized spacial score (nSPS) is 10.3. The summed E-state index contributed by atoms with van der Waals surface area (Å²) in [5.74, 6) is -1.14. The molecule has 132 valence electrons. The molecular weight excluding hydrogens is 387 g/mol. The smallest absolute Gasteiger partial charge is 0.338 e. The van der Waals surface area contributed by atoms with Gasteiger partial charge in [0, 0.05) is 19.8 Å². The van der Waals surface area contributed by atoms with Gasteiger partial charge in [0.2, 0.25) is 0 Å². The monoisotopic (exact) mass is 400 g/mol. The lowest BCUT2D eigenvalue weighted by Crippen LogP contribution is -2.21. The van der Waals surface area contributed by atoms with Crippen LogP contribution in [0, 0.1) is 0 Å². The third kappa shape index (κ3) is 5.26. The van der Waals surface area contributed by atoms with E-state index in [1.54, 1.807) is 24.3 Å². The van der Waals surface area contributed by atoms with Crippen molar-refractivity contribution in [3.8, 4) is 0 Å². The third-order valence-corrected chi connectivity index (χ3v) is 4.27. The molecule has 0 atom stereocenters. The van der Waals surface area contributed by atoms with Crippen molar-refractivity contribution in [2.75, 3.05) is 30.9 Å². The molecule has 1 amide bonds. The highest BCUT2D eigenvalue weighted by molar-refractivity contribution is 6.44. The van der Waals surface area contributed by atoms with Gasteiger partial charge in [-0.2, -0.15) is 0 Å². The molecule has 0 spiro atoms. The number of nitrogens with one attached hydrogen (secondary N) is 1. The van der Waals surface area contributed by atoms with Gasteiger partial charge >= 0.3 is 5.97 Å². The Morgan fingerprint density at radius 3 is 2.20 bits per heavy atom. The lowest BCUT2D eigenvalue weighted by molar-refractivity contribution is -0.119. The average Bonchev–Trinajstić information content (AvgIpc) is 2.57. The fraction of sp³-hybridized carbons (Fsp3) is 0.176. The summed E-state index contributed by atoms with van der Waals surface area (Å²) in [5, 5.41) is 3.27. The number of carbonyl (C=O) groups is 2. The van der Waals surface area contributed by atoms with Crippen molar-refractivity contribution in [1.82, 2.24) is 0 Å². The first-order valence-corrected chi connectivity index (χ1v) is 8.30. The molecule has 0 saturated carbocycles. The molecular formula is C17H15Cl3N2O3. The zero-order valence-electron chi connectivity index (χ0n) is 13.5. The standard InChI is InChI=1S/C17H15Cl3N2O3/c1-22(2)11-5-3-10(4-6-11)17(24)25-9-16(23)21-15-8-13(19)12(18)7-14(15)20/h3-8H,9H2,1-2H3,(H,21,23). The maximum absolute atomic E-state index is 12.0. The van der Waals surface area contributed by atoms with Gasteiger partial charge in [0.15, 0.2) is 6.61 Å². The van der Waals surface area contributed by atoms with Crippen LogP contribution in [-0.4, -0.2) is 32.6 Å². The van der Waals surface area contributed by atoms with Crippen LogP contribution >= 0.6 is 34.8 Å². The summed E-state index contributed by atoms with van der Waals surface area (Å²) >= 11 is 17.7. The highest BCUT2D eigenvalue weighted by Crippen LogP contribution is 2.32. The Balaban J connectivity index is 1.93. The first-order valence-electron chi connectivity index (χ1n) is 7.17. The number of esters is 1. The Morgan fingerprint density at radius 1 is 1.00 bits per heavy atom. The van der Waals surface area contributed by atoms with Crippen molar-refractivity contribution in [1.29, 1.82) is 0 Å². The van der Waals surface area contributed by atoms with E-state index in [0.717, 1.165) is 5.69 Å². The van der Waals surface area contributed by atoms with Gasteiger partial charge in [-0.05, 0) is 36.4 Å². The van der Waals surface area contributed by atoms with Crippen LogP contribution in [-0.2, 0) is 9.53 Å². The Hall–Kier alpha value is -1.95. The van der Waals surface area contributed by atoms with Gasteiger partial charge < -0.3 is 15.0 Å². The number of ether oxygens (including phenoxy) is 1. The van der Waals surface area contributed by atoms with Crippen LogP contribution in [0.15, 0.2) is 36.4 Å². The van der Waals surface area contributed by atoms with Crippen molar-refractivity contribution < 1.29 is 14.3 Å². The van der Waals surface area contributed by atoms with Crippen LogP contribution in [0.1, 0.15) is 10.4 Å². The summed E-state index contributed by atoms with van der Waals surface area (Å²) in [6.45, 7) is -0.454. The van der Waals surface area contributed by atoms with Crippen molar-refractivity contribution in [3.05, 3.63) is 57.0 Å². The largest absolute Gasteiger partial charge is 0.452 e. The molecule has 0 aromatic heterocycles. The number of amides is 1. The second kappa shape index (κ2) is 8.43. The molecule has 0 bridgehead atoms. The number of hydrogen-bond acceptors (Lipinski definition) is 4. The highest BCUT2D eigenvalue weighted by Gasteiger charge is 2.13. The molecule has 0 heterocycles. The number of nitrogens with zero attached hydrogens (tertiary/aromatic N) is 1. The fourth-order valence-corrected chi connectivity index (χ4v) is 2.51. The lowest BCUT2D eigenvalue weighted by Gasteiger charge is -2.12. The molecule has 8 heteroatoms. The Labute approximate surface area is 160 Å². The second-order valence-corrected chi connectivity index (χ2v) is 6.53. The average molecular weight is 402 g/mol. The van der Waals surface area contributed by atoms with E-state index in [0.29, 0.717) is 5.56 Å². The first kappa shape index (κ1) is 19.4. The quantitative estimate of drug-likeness (QED) is 0.591. The maximum atomic E-state index is 12.0. The molecule has 1 N–H and O–H groups in total. The first-order chi connectivity index (χ1) is 11.8. The molecule has 0 aliphatic heterocycles. The zero-order valence-corrected chi connectivity index (χ0v) is 15.7. The summed E-state index contributed by atoms with van der Waals surface area (Å²) in [6, 6.07) is 9.67. The summed E-state index contributed by atoms with van der Waals surface area (Å²) in [5.41, 5.74) is 1.59. The van der Waals surface area contributed by atoms with Crippen molar-refractivity contribution in [2.45, 2.75) is 0 Å². The van der Waals surface area contributed by atoms with E-state index in [9.17, 15) is 9.59 Å². The number of benzene rings is 2. The molecule has 0 unspecified atom stereocenters. The van der Waals surface area contributed by atoms with E-state index in [4.69, 9.17) is 39.5 Å². The fourth-order valence-electron chi connectivity index (χ4n) is 1.91. The van der Waals surface area contributed by atoms with Crippen LogP contribution in [0.5, 0.6) is 0 Å². The third-order valence-electron chi connectivity index (χ3n) is 3.24. The SMILES string of the molecule is CN(C)c1ccc(C(=O)OCC(=O)Nc2cc(Cl)c(Cl)cc2Cl)cc1. The van der Waals surface area contributed by atoms with Crippen LogP contribution < -0.4 is 10.2 Å². The summed E-state index contributed by atoms with van der Waals surface area (Å²) < 4.78 is 4.99. The number of carbonyl (C=O) groups excluding carboxylic acids is 2. The van der Waals surface area contributed by atoms with Crippen molar-refractivity contribution >= 4 is 58.1 Å². The number of rotatable bonds is 5. The van der Waals surface area contributed by atoms with Gasteiger partial charge in [0.1, 0.15) is 0 Å². The van der Waals surface area contributed by atoms with E-state index in [-0.39, 0.29) is 20.8 Å². The van der Waals surface area contributed by atoms with Crippen LogP contribution in [0.2, 0.25) is 15.1 Å². The minimum Gasteiger partial charge on any atom is -0.452 e. The summed E-state index contributed by atoms with van der Waals surface area (Å²) in [6.07, 6.45) is 0. The number of anilines is 2. The predicted molar refractivity (Wildman–Crippen MR) is 101 cm³/mol. The Morgan fingerprint density at radius 2 is 1.60 bits per heavy atom. The van der Waals surface area contributed by atoms with Crippen molar-refractivity contribution in [2.24, 2.45) is 0 Å². The number of halogens is 3. The van der Waals surface area contributed by atoms with Crippen LogP contribution in [0.3, 0.4) is 0 Å². The van der Waals surface area contributed by atoms with Gasteiger partial charge in [-0.15, -0.1) is 0 Å². The molecule has 0 saturated heterocycles. The molecule has 2 aromatic carbocycles. The Bertz CT molecular complexity index is 792. The van der Waals surface area contributed by atoms with E-state index in [2.05, 4.69) is 5.32 Å². The second-order valence-electron chi connectivity index (χ2n) is 5.31. The number of hydrogen-bond donors (Lipinski definition) is 1. The van der Waals surface area contributed by atoms with Gasteiger partial charge in [-0.1, -0.05) is 34.8 Å². The van der Waals surface area contributed by atoms with Crippen LogP contribution in [0.4, 0.5) is 11.4 Å². The Kier molecular flexibility index (Phi) is 6.53. The molecule has 0 aliphatic carbocycles. The molecule has 2 rings (SSSR count). The lowest BCUT2D eigenvalue weighted by atomic mass is 10.2. The van der Waals surface area contributed by atoms with Gasteiger partial charge in [-0.3, -0.25) is 4.79 Å². The molecule has 2 aromatic rings. The topological polar surface area (TPSA) is 58.6 Å². The van der Waals surface area contributed by atoms with Crippen LogP contribution in [0.25, 0.3) is 0 Å².